The summed E-state index contributed by atoms with van der Waals surface area (Å²) in [5.41, 5.74) is -0.443. The van der Waals surface area contributed by atoms with Crippen LogP contribution in [0.3, 0.4) is 0 Å². The maximum atomic E-state index is 13.9. The summed E-state index contributed by atoms with van der Waals surface area (Å²) in [6.45, 7) is 6.24. The van der Waals surface area contributed by atoms with E-state index in [1.54, 1.807) is 49.3 Å². The molecule has 0 aliphatic carbocycles. The smallest absolute Gasteiger partial charge is 0.333 e. The normalized spacial score (nSPS) is 20.7. The van der Waals surface area contributed by atoms with E-state index in [0.29, 0.717) is 16.3 Å². The Morgan fingerprint density at radius 2 is 2.12 bits per heavy atom. The Labute approximate surface area is 196 Å². The van der Waals surface area contributed by atoms with Gasteiger partial charge in [0.05, 0.1) is 13.7 Å². The van der Waals surface area contributed by atoms with Gasteiger partial charge >= 0.3 is 5.97 Å². The maximum absolute atomic E-state index is 13.9. The average Bonchev–Trinajstić information content (AvgIpc) is 3.53. The number of carboxylic acids is 1. The number of nitrogens with zero attached hydrogens (tertiary/aromatic N) is 4. The molecule has 1 saturated heterocycles. The van der Waals surface area contributed by atoms with Crippen LogP contribution in [0.4, 0.5) is 0 Å². The van der Waals surface area contributed by atoms with Crippen LogP contribution in [0.2, 0.25) is 0 Å². The minimum absolute atomic E-state index is 0.00679. The number of carbonyl (C=O) groups excluding carboxylic acids is 1. The Kier molecular flexibility index (Phi) is 5.98. The lowest BCUT2D eigenvalue weighted by Crippen LogP contribution is -2.58. The zero-order chi connectivity index (χ0) is 23.8. The van der Waals surface area contributed by atoms with Gasteiger partial charge in [-0.2, -0.15) is 5.10 Å². The summed E-state index contributed by atoms with van der Waals surface area (Å²) in [6, 6.07) is 6.99. The number of methoxy groups -OCH3 is 1. The second-order valence-electron chi connectivity index (χ2n) is 9.03. The molecule has 3 heterocycles. The third kappa shape index (κ3) is 4.11. The predicted octanol–water partition coefficient (Wildman–Crippen LogP) is 2.91. The van der Waals surface area contributed by atoms with Gasteiger partial charge in [0, 0.05) is 36.1 Å². The van der Waals surface area contributed by atoms with Crippen molar-refractivity contribution in [1.82, 2.24) is 25.0 Å². The topological polar surface area (TPSA) is 110 Å². The Morgan fingerprint density at radius 1 is 1.33 bits per heavy atom. The molecule has 1 aliphatic heterocycles. The average molecular weight is 470 g/mol. The van der Waals surface area contributed by atoms with Crippen molar-refractivity contribution < 1.29 is 19.4 Å². The van der Waals surface area contributed by atoms with Gasteiger partial charge in [-0.05, 0) is 29.2 Å². The molecule has 9 nitrogen and oxygen atoms in total. The van der Waals surface area contributed by atoms with E-state index in [2.05, 4.69) is 36.2 Å². The Balaban J connectivity index is 1.82. The van der Waals surface area contributed by atoms with Crippen LogP contribution in [-0.4, -0.2) is 55.8 Å². The van der Waals surface area contributed by atoms with Crippen LogP contribution >= 0.6 is 11.3 Å². The lowest BCUT2D eigenvalue weighted by molar-refractivity contribution is -0.149. The summed E-state index contributed by atoms with van der Waals surface area (Å²) in [5, 5.41) is 20.2. The molecular weight excluding hydrogens is 442 g/mol. The molecule has 1 fully saturated rings. The highest BCUT2D eigenvalue weighted by Gasteiger charge is 2.56. The zero-order valence-electron chi connectivity index (χ0n) is 19.0. The van der Waals surface area contributed by atoms with Crippen LogP contribution in [0.15, 0.2) is 48.2 Å². The number of amides is 1. The van der Waals surface area contributed by atoms with Crippen LogP contribution in [0, 0.1) is 0 Å². The van der Waals surface area contributed by atoms with Crippen LogP contribution in [0.1, 0.15) is 47.9 Å². The molecule has 0 radical (unpaired) electrons. The molecule has 1 aromatic carbocycles. The van der Waals surface area contributed by atoms with Crippen molar-refractivity contribution in [3.05, 3.63) is 64.4 Å². The van der Waals surface area contributed by atoms with Crippen molar-refractivity contribution >= 4 is 23.2 Å². The van der Waals surface area contributed by atoms with E-state index >= 15 is 0 Å². The Morgan fingerprint density at radius 3 is 2.70 bits per heavy atom. The molecule has 2 N–H and O–H groups in total. The molecule has 2 unspecified atom stereocenters. The number of nitrogens with one attached hydrogen (secondary N) is 1. The van der Waals surface area contributed by atoms with Crippen molar-refractivity contribution in [1.29, 1.82) is 0 Å². The van der Waals surface area contributed by atoms with Crippen molar-refractivity contribution in [2.45, 2.75) is 44.4 Å². The number of thiazole rings is 1. The lowest BCUT2D eigenvalue weighted by Gasteiger charge is -2.36. The van der Waals surface area contributed by atoms with Gasteiger partial charge in [-0.15, -0.1) is 11.3 Å². The number of ether oxygens (including phenoxy) is 1. The third-order valence-electron chi connectivity index (χ3n) is 5.85. The molecule has 0 saturated carbocycles. The predicted molar refractivity (Wildman–Crippen MR) is 123 cm³/mol. The summed E-state index contributed by atoms with van der Waals surface area (Å²) in [5.74, 6) is -0.955. The van der Waals surface area contributed by atoms with Crippen LogP contribution in [-0.2, 0) is 16.8 Å². The fraction of sp³-hybridized carbons (Fsp3) is 0.391. The maximum Gasteiger partial charge on any atom is 0.333 e. The highest BCUT2D eigenvalue weighted by Crippen LogP contribution is 2.38. The SMILES string of the molecule is COc1cc(C(=O)N2C(c3nccs3)NCC2(Cn2cccn2)C(=O)O)ccc1C(C)(C)C. The summed E-state index contributed by atoms with van der Waals surface area (Å²) < 4.78 is 7.11. The van der Waals surface area contributed by atoms with E-state index in [1.807, 2.05) is 6.07 Å². The second-order valence-corrected chi connectivity index (χ2v) is 9.96. The molecule has 1 amide bonds. The molecule has 0 bridgehead atoms. The second kappa shape index (κ2) is 8.60. The third-order valence-corrected chi connectivity index (χ3v) is 6.68. The van der Waals surface area contributed by atoms with Gasteiger partial charge in [0.25, 0.3) is 5.91 Å². The number of benzene rings is 1. The van der Waals surface area contributed by atoms with E-state index in [4.69, 9.17) is 4.74 Å². The monoisotopic (exact) mass is 469 g/mol. The van der Waals surface area contributed by atoms with Crippen molar-refractivity contribution in [2.24, 2.45) is 0 Å². The first-order valence-corrected chi connectivity index (χ1v) is 11.4. The van der Waals surface area contributed by atoms with Gasteiger partial charge in [-0.25, -0.2) is 9.78 Å². The van der Waals surface area contributed by atoms with Crippen LogP contribution in [0.5, 0.6) is 5.75 Å². The van der Waals surface area contributed by atoms with Crippen molar-refractivity contribution in [3.8, 4) is 5.75 Å². The largest absolute Gasteiger partial charge is 0.496 e. The fourth-order valence-corrected chi connectivity index (χ4v) is 4.89. The number of aliphatic carboxylic acids is 1. The van der Waals surface area contributed by atoms with E-state index in [0.717, 1.165) is 5.56 Å². The van der Waals surface area contributed by atoms with E-state index < -0.39 is 23.6 Å². The first kappa shape index (κ1) is 22.9. The number of carbonyl (C=O) groups is 2. The van der Waals surface area contributed by atoms with E-state index in [-0.39, 0.29) is 18.5 Å². The lowest BCUT2D eigenvalue weighted by atomic mass is 9.85. The van der Waals surface area contributed by atoms with Crippen LogP contribution < -0.4 is 10.1 Å². The van der Waals surface area contributed by atoms with E-state index in [1.165, 1.54) is 20.9 Å². The number of aromatic nitrogens is 3. The van der Waals surface area contributed by atoms with Gasteiger partial charge in [-0.3, -0.25) is 19.7 Å². The molecule has 2 aromatic heterocycles. The van der Waals surface area contributed by atoms with Gasteiger partial charge in [0.1, 0.15) is 16.9 Å². The molecule has 0 spiro atoms. The van der Waals surface area contributed by atoms with Gasteiger partial charge in [0.2, 0.25) is 0 Å². The quantitative estimate of drug-likeness (QED) is 0.571. The van der Waals surface area contributed by atoms with Crippen molar-refractivity contribution in [3.63, 3.8) is 0 Å². The molecule has 33 heavy (non-hydrogen) atoms. The Hall–Kier alpha value is -3.24. The molecule has 2 atom stereocenters. The molecule has 1 aliphatic rings. The molecular formula is C23H27N5O4S. The minimum atomic E-state index is -1.56. The highest BCUT2D eigenvalue weighted by molar-refractivity contribution is 7.09. The first-order valence-electron chi connectivity index (χ1n) is 10.5. The molecule has 4 rings (SSSR count). The molecule has 10 heteroatoms. The number of carboxylic acid groups (broad SMARTS) is 1. The highest BCUT2D eigenvalue weighted by atomic mass is 32.1. The number of hydrogen-bond acceptors (Lipinski definition) is 7. The van der Waals surface area contributed by atoms with Crippen LogP contribution in [0.25, 0.3) is 0 Å². The van der Waals surface area contributed by atoms with Gasteiger partial charge in [-0.1, -0.05) is 26.8 Å². The molecule has 3 aromatic rings. The van der Waals surface area contributed by atoms with Crippen molar-refractivity contribution in [2.75, 3.05) is 13.7 Å². The standard InChI is InChI=1S/C23H27N5O4S/c1-22(2,3)16-7-6-15(12-17(16)32-4)20(29)28-18(19-24-9-11-33-19)25-13-23(28,21(30)31)14-27-10-5-8-26-27/h5-12,18,25H,13-14H2,1-4H3,(H,30,31). The molecule has 174 valence electrons. The number of hydrogen-bond donors (Lipinski definition) is 2. The summed E-state index contributed by atoms with van der Waals surface area (Å²) in [4.78, 5) is 32.4. The summed E-state index contributed by atoms with van der Waals surface area (Å²) >= 11 is 1.36. The zero-order valence-corrected chi connectivity index (χ0v) is 19.8. The fourth-order valence-electron chi connectivity index (χ4n) is 4.19. The Bertz CT molecular complexity index is 1140. The summed E-state index contributed by atoms with van der Waals surface area (Å²) in [6.07, 6.45) is 4.22. The van der Waals surface area contributed by atoms with Gasteiger partial charge in [0.15, 0.2) is 5.54 Å². The van der Waals surface area contributed by atoms with Gasteiger partial charge < -0.3 is 9.84 Å². The number of rotatable bonds is 6. The summed E-state index contributed by atoms with van der Waals surface area (Å²) in [7, 11) is 1.56. The van der Waals surface area contributed by atoms with E-state index in [9.17, 15) is 14.7 Å². The first-order chi connectivity index (χ1) is 15.7. The minimum Gasteiger partial charge on any atom is -0.496 e.